The minimum absolute atomic E-state index is 0.108. The molecular weight excluding hydrogens is 323 g/mol. The Morgan fingerprint density at radius 1 is 1.24 bits per heavy atom. The number of hydrogen-bond donors (Lipinski definition) is 1. The molecule has 25 heavy (non-hydrogen) atoms. The van der Waals surface area contributed by atoms with Gasteiger partial charge in [0.15, 0.2) is 5.82 Å². The van der Waals surface area contributed by atoms with Crippen molar-refractivity contribution >= 4 is 0 Å². The summed E-state index contributed by atoms with van der Waals surface area (Å²) in [6.07, 6.45) is 1.50. The van der Waals surface area contributed by atoms with Crippen LogP contribution in [-0.2, 0) is 10.2 Å². The molecule has 2 aromatic rings. The summed E-state index contributed by atoms with van der Waals surface area (Å²) in [4.78, 5) is 7.01. The van der Waals surface area contributed by atoms with Gasteiger partial charge in [0.2, 0.25) is 5.89 Å². The van der Waals surface area contributed by atoms with E-state index in [-0.39, 0.29) is 11.9 Å². The highest BCUT2D eigenvalue weighted by Gasteiger charge is 2.42. The topological polar surface area (TPSA) is 63.4 Å². The highest BCUT2D eigenvalue weighted by atomic mass is 19.1. The maximum Gasteiger partial charge on any atom is 0.237 e. The van der Waals surface area contributed by atoms with Crippen LogP contribution in [-0.4, -0.2) is 54.9 Å². The molecule has 0 radical (unpaired) electrons. The number of hydrogen-bond acceptors (Lipinski definition) is 6. The highest BCUT2D eigenvalue weighted by molar-refractivity contribution is 5.33. The summed E-state index contributed by atoms with van der Waals surface area (Å²) in [7, 11) is 2.08. The number of rotatable bonds is 3. The molecule has 2 aliphatic rings. The molecular formula is C18H23FN4O2. The number of likely N-dealkylation sites (N-methyl/N-ethyl adjacent to an activating group) is 1. The number of halogens is 1. The molecule has 0 spiro atoms. The maximum atomic E-state index is 13.4. The lowest BCUT2D eigenvalue weighted by molar-refractivity contribution is 0.0523. The van der Waals surface area contributed by atoms with E-state index in [9.17, 15) is 4.39 Å². The van der Waals surface area contributed by atoms with Crippen molar-refractivity contribution in [2.45, 2.75) is 24.3 Å². The minimum atomic E-state index is -0.405. The molecule has 0 saturated carbocycles. The molecule has 134 valence electrons. The molecule has 2 fully saturated rings. The smallest absolute Gasteiger partial charge is 0.237 e. The molecule has 4 rings (SSSR count). The molecule has 0 aliphatic carbocycles. The van der Waals surface area contributed by atoms with Crippen LogP contribution < -0.4 is 5.32 Å². The van der Waals surface area contributed by atoms with Gasteiger partial charge in [-0.05, 0) is 37.6 Å². The van der Waals surface area contributed by atoms with Gasteiger partial charge in [0.25, 0.3) is 0 Å². The summed E-state index contributed by atoms with van der Waals surface area (Å²) in [5.41, 5.74) is 0.597. The number of nitrogens with one attached hydrogen (secondary N) is 1. The molecule has 6 nitrogen and oxygen atoms in total. The van der Waals surface area contributed by atoms with Crippen molar-refractivity contribution in [1.82, 2.24) is 20.4 Å². The number of benzene rings is 1. The van der Waals surface area contributed by atoms with Crippen LogP contribution in [0.15, 0.2) is 28.8 Å². The van der Waals surface area contributed by atoms with Crippen molar-refractivity contribution in [2.75, 3.05) is 39.9 Å². The van der Waals surface area contributed by atoms with Crippen molar-refractivity contribution < 1.29 is 13.7 Å². The monoisotopic (exact) mass is 346 g/mol. The Bertz CT molecular complexity index is 712. The fraction of sp³-hybridized carbons (Fsp3) is 0.556. The van der Waals surface area contributed by atoms with E-state index >= 15 is 0 Å². The molecule has 7 heteroatoms. The van der Waals surface area contributed by atoms with Crippen LogP contribution in [0.4, 0.5) is 4.39 Å². The van der Waals surface area contributed by atoms with Gasteiger partial charge in [-0.15, -0.1) is 0 Å². The predicted octanol–water partition coefficient (Wildman–Crippen LogP) is 1.88. The zero-order chi connectivity index (χ0) is 17.3. The third kappa shape index (κ3) is 3.07. The summed E-state index contributed by atoms with van der Waals surface area (Å²) < 4.78 is 24.7. The van der Waals surface area contributed by atoms with E-state index in [0.717, 1.165) is 38.0 Å². The summed E-state index contributed by atoms with van der Waals surface area (Å²) >= 11 is 0. The zero-order valence-corrected chi connectivity index (χ0v) is 14.4. The first-order valence-corrected chi connectivity index (χ1v) is 8.78. The molecule has 1 unspecified atom stereocenters. The highest BCUT2D eigenvalue weighted by Crippen LogP contribution is 2.40. The van der Waals surface area contributed by atoms with E-state index < -0.39 is 5.41 Å². The lowest BCUT2D eigenvalue weighted by Crippen LogP contribution is -2.44. The van der Waals surface area contributed by atoms with Gasteiger partial charge in [0, 0.05) is 32.8 Å². The van der Waals surface area contributed by atoms with Gasteiger partial charge in [0.05, 0.1) is 11.5 Å². The van der Waals surface area contributed by atoms with E-state index in [1.807, 2.05) is 12.1 Å². The molecule has 1 N–H and O–H groups in total. The van der Waals surface area contributed by atoms with Crippen molar-refractivity contribution in [3.8, 4) is 0 Å². The standard InChI is InChI=1S/C18H23FN4O2/c1-23-9-8-20-12-15(23)16-21-17(25-22-16)18(6-10-24-11-7-18)13-2-4-14(19)5-3-13/h2-5,15,20H,6-12H2,1H3. The Morgan fingerprint density at radius 2 is 2.00 bits per heavy atom. The first-order valence-electron chi connectivity index (χ1n) is 8.78. The second-order valence-electron chi connectivity index (χ2n) is 6.86. The van der Waals surface area contributed by atoms with Gasteiger partial charge < -0.3 is 14.6 Å². The average Bonchev–Trinajstić information content (AvgIpc) is 3.14. The number of ether oxygens (including phenoxy) is 1. The van der Waals surface area contributed by atoms with Crippen LogP contribution in [0.3, 0.4) is 0 Å². The van der Waals surface area contributed by atoms with Gasteiger partial charge in [-0.2, -0.15) is 4.98 Å². The quantitative estimate of drug-likeness (QED) is 0.916. The Morgan fingerprint density at radius 3 is 2.72 bits per heavy atom. The van der Waals surface area contributed by atoms with E-state index in [1.54, 1.807) is 0 Å². The van der Waals surface area contributed by atoms with E-state index in [4.69, 9.17) is 14.2 Å². The van der Waals surface area contributed by atoms with Crippen molar-refractivity contribution in [2.24, 2.45) is 0 Å². The lowest BCUT2D eigenvalue weighted by Gasteiger charge is -2.34. The molecule has 1 aromatic carbocycles. The third-order valence-electron chi connectivity index (χ3n) is 5.40. The largest absolute Gasteiger partial charge is 0.381 e. The summed E-state index contributed by atoms with van der Waals surface area (Å²) in [5.74, 6) is 1.07. The number of aromatic nitrogens is 2. The van der Waals surface area contributed by atoms with Crippen molar-refractivity contribution in [3.05, 3.63) is 47.4 Å². The van der Waals surface area contributed by atoms with Gasteiger partial charge in [-0.3, -0.25) is 4.90 Å². The van der Waals surface area contributed by atoms with Crippen molar-refractivity contribution in [1.29, 1.82) is 0 Å². The van der Waals surface area contributed by atoms with Gasteiger partial charge in [0.1, 0.15) is 5.82 Å². The average molecular weight is 346 g/mol. The Labute approximate surface area is 146 Å². The molecule has 0 amide bonds. The van der Waals surface area contributed by atoms with Gasteiger partial charge in [-0.25, -0.2) is 4.39 Å². The Hall–Kier alpha value is -1.83. The van der Waals surface area contributed by atoms with Crippen LogP contribution in [0, 0.1) is 5.82 Å². The molecule has 2 saturated heterocycles. The number of piperazine rings is 1. The second kappa shape index (κ2) is 6.82. The third-order valence-corrected chi connectivity index (χ3v) is 5.40. The Balaban J connectivity index is 1.69. The molecule has 0 bridgehead atoms. The zero-order valence-electron chi connectivity index (χ0n) is 14.4. The first kappa shape index (κ1) is 16.6. The van der Waals surface area contributed by atoms with E-state index in [2.05, 4.69) is 22.4 Å². The predicted molar refractivity (Wildman–Crippen MR) is 89.8 cm³/mol. The summed E-state index contributed by atoms with van der Waals surface area (Å²) in [6, 6.07) is 6.72. The summed E-state index contributed by atoms with van der Waals surface area (Å²) in [5, 5.41) is 7.65. The maximum absolute atomic E-state index is 13.4. The molecule has 2 aliphatic heterocycles. The molecule has 3 heterocycles. The second-order valence-corrected chi connectivity index (χ2v) is 6.86. The molecule has 1 atom stereocenters. The first-order chi connectivity index (χ1) is 12.2. The normalized spacial score (nSPS) is 24.3. The number of nitrogens with zero attached hydrogens (tertiary/aromatic N) is 3. The van der Waals surface area contributed by atoms with Crippen molar-refractivity contribution in [3.63, 3.8) is 0 Å². The van der Waals surface area contributed by atoms with Crippen LogP contribution in [0.25, 0.3) is 0 Å². The van der Waals surface area contributed by atoms with Crippen LogP contribution in [0.2, 0.25) is 0 Å². The summed E-state index contributed by atoms with van der Waals surface area (Å²) in [6.45, 7) is 3.97. The Kier molecular flexibility index (Phi) is 4.54. The van der Waals surface area contributed by atoms with Crippen LogP contribution in [0.5, 0.6) is 0 Å². The molecule has 1 aromatic heterocycles. The minimum Gasteiger partial charge on any atom is -0.381 e. The fourth-order valence-corrected chi connectivity index (χ4v) is 3.77. The lowest BCUT2D eigenvalue weighted by atomic mass is 9.74. The van der Waals surface area contributed by atoms with E-state index in [0.29, 0.717) is 24.9 Å². The van der Waals surface area contributed by atoms with Gasteiger partial charge >= 0.3 is 0 Å². The van der Waals surface area contributed by atoms with Crippen LogP contribution in [0.1, 0.15) is 36.2 Å². The van der Waals surface area contributed by atoms with E-state index in [1.165, 1.54) is 12.1 Å². The van der Waals surface area contributed by atoms with Crippen LogP contribution >= 0.6 is 0 Å². The van der Waals surface area contributed by atoms with Gasteiger partial charge in [-0.1, -0.05) is 17.3 Å². The fourth-order valence-electron chi connectivity index (χ4n) is 3.77. The SMILES string of the molecule is CN1CCNCC1c1noc(C2(c3ccc(F)cc3)CCOCC2)n1.